The van der Waals surface area contributed by atoms with Crippen LogP contribution in [0.5, 0.6) is 11.5 Å². The first kappa shape index (κ1) is 15.2. The third-order valence-corrected chi connectivity index (χ3v) is 6.87. The average molecular weight is 343 g/mol. The minimum absolute atomic E-state index is 0.0298. The Balaban J connectivity index is 1.82. The summed E-state index contributed by atoms with van der Waals surface area (Å²) in [6, 6.07) is 3.52. The molecule has 4 aliphatic rings. The average Bonchev–Trinajstić information content (AvgIpc) is 2.92. The van der Waals surface area contributed by atoms with E-state index in [1.54, 1.807) is 18.9 Å². The van der Waals surface area contributed by atoms with Gasteiger partial charge in [-0.1, -0.05) is 6.07 Å². The Morgan fingerprint density at radius 3 is 2.92 bits per heavy atom. The summed E-state index contributed by atoms with van der Waals surface area (Å²) in [5, 5.41) is 11.8. The lowest BCUT2D eigenvalue weighted by molar-refractivity contribution is -0.191. The molecule has 5 rings (SSSR count). The van der Waals surface area contributed by atoms with Gasteiger partial charge in [-0.15, -0.1) is 0 Å². The van der Waals surface area contributed by atoms with Crippen LogP contribution in [0.3, 0.4) is 0 Å². The number of ether oxygens (including phenoxy) is 2. The van der Waals surface area contributed by atoms with Gasteiger partial charge in [0.1, 0.15) is 0 Å². The number of hydrogen-bond donors (Lipinski definition) is 1. The first-order valence-corrected chi connectivity index (χ1v) is 8.83. The first-order valence-electron chi connectivity index (χ1n) is 8.83. The normalized spacial score (nSPS) is 37.4. The molecule has 2 aliphatic heterocycles. The summed E-state index contributed by atoms with van der Waals surface area (Å²) >= 11 is 0. The number of amides is 1. The molecule has 1 aromatic carbocycles. The molecule has 1 N–H and O–H groups in total. The number of hydrogen-bond acceptors (Lipinski definition) is 5. The topological polar surface area (TPSA) is 76.1 Å². The van der Waals surface area contributed by atoms with E-state index in [2.05, 4.69) is 0 Å². The number of nitrogens with zero attached hydrogens (tertiary/aromatic N) is 1. The van der Waals surface area contributed by atoms with Gasteiger partial charge in [0.15, 0.2) is 23.4 Å². The van der Waals surface area contributed by atoms with Crippen LogP contribution in [0, 0.1) is 0 Å². The highest BCUT2D eigenvalue weighted by molar-refractivity contribution is 5.90. The molecule has 6 heteroatoms. The molecule has 2 heterocycles. The SMILES string of the molecule is COc1ccc2c3c1OC1C(=O)CC[C@]4(O)[C@H](C2)N(C(C)=O)CC[C@@]314. The number of rotatable bonds is 1. The zero-order chi connectivity index (χ0) is 17.6. The Morgan fingerprint density at radius 2 is 2.20 bits per heavy atom. The summed E-state index contributed by atoms with van der Waals surface area (Å²) in [5.41, 5.74) is 0.0803. The van der Waals surface area contributed by atoms with Crippen LogP contribution in [-0.4, -0.2) is 53.1 Å². The Kier molecular flexibility index (Phi) is 2.77. The highest BCUT2D eigenvalue weighted by Crippen LogP contribution is 2.64. The molecule has 1 saturated carbocycles. The number of methoxy groups -OCH3 is 1. The van der Waals surface area contributed by atoms with Gasteiger partial charge >= 0.3 is 0 Å². The van der Waals surface area contributed by atoms with Crippen molar-refractivity contribution in [1.29, 1.82) is 0 Å². The number of Topliss-reactive ketones (excluding diaryl/α,β-unsaturated/α-hetero) is 1. The van der Waals surface area contributed by atoms with E-state index in [9.17, 15) is 14.7 Å². The van der Waals surface area contributed by atoms with Crippen molar-refractivity contribution in [3.63, 3.8) is 0 Å². The molecular formula is C19H21NO5. The Morgan fingerprint density at radius 1 is 1.40 bits per heavy atom. The van der Waals surface area contributed by atoms with Crippen molar-refractivity contribution in [3.05, 3.63) is 23.3 Å². The second-order valence-corrected chi connectivity index (χ2v) is 7.67. The van der Waals surface area contributed by atoms with Gasteiger partial charge in [0.2, 0.25) is 5.91 Å². The molecule has 1 spiro atoms. The predicted octanol–water partition coefficient (Wildman–Crippen LogP) is 0.965. The fraction of sp³-hybridized carbons (Fsp3) is 0.579. The Bertz CT molecular complexity index is 820. The maximum Gasteiger partial charge on any atom is 0.219 e. The van der Waals surface area contributed by atoms with Crippen LogP contribution in [0.4, 0.5) is 0 Å². The van der Waals surface area contributed by atoms with Crippen molar-refractivity contribution in [3.8, 4) is 11.5 Å². The van der Waals surface area contributed by atoms with E-state index in [1.165, 1.54) is 0 Å². The van der Waals surface area contributed by atoms with Crippen LogP contribution in [0.25, 0.3) is 0 Å². The van der Waals surface area contributed by atoms with E-state index in [-0.39, 0.29) is 24.2 Å². The lowest BCUT2D eigenvalue weighted by atomic mass is 9.49. The minimum atomic E-state index is -1.14. The smallest absolute Gasteiger partial charge is 0.219 e. The zero-order valence-corrected chi connectivity index (χ0v) is 14.4. The second kappa shape index (κ2) is 4.55. The lowest BCUT2D eigenvalue weighted by Gasteiger charge is -2.62. The molecule has 1 amide bonds. The number of carbonyl (C=O) groups is 2. The first-order chi connectivity index (χ1) is 11.9. The van der Waals surface area contributed by atoms with E-state index < -0.39 is 17.1 Å². The van der Waals surface area contributed by atoms with Crippen molar-refractivity contribution in [2.75, 3.05) is 13.7 Å². The van der Waals surface area contributed by atoms with E-state index in [1.807, 2.05) is 12.1 Å². The number of benzene rings is 1. The largest absolute Gasteiger partial charge is 0.493 e. The highest BCUT2D eigenvalue weighted by Gasteiger charge is 2.73. The third-order valence-electron chi connectivity index (χ3n) is 6.87. The van der Waals surface area contributed by atoms with Crippen LogP contribution >= 0.6 is 0 Å². The van der Waals surface area contributed by atoms with E-state index >= 15 is 0 Å². The lowest BCUT2D eigenvalue weighted by Crippen LogP contribution is -2.77. The Hall–Kier alpha value is -2.08. The maximum atomic E-state index is 12.7. The van der Waals surface area contributed by atoms with Gasteiger partial charge in [0.05, 0.1) is 24.2 Å². The quantitative estimate of drug-likeness (QED) is 0.822. The van der Waals surface area contributed by atoms with Crippen molar-refractivity contribution in [2.45, 2.75) is 55.8 Å². The van der Waals surface area contributed by atoms with Crippen molar-refractivity contribution >= 4 is 11.7 Å². The number of aliphatic hydroxyl groups is 1. The second-order valence-electron chi connectivity index (χ2n) is 7.67. The molecule has 25 heavy (non-hydrogen) atoms. The van der Waals surface area contributed by atoms with Crippen LogP contribution in [0.1, 0.15) is 37.3 Å². The van der Waals surface area contributed by atoms with Crippen molar-refractivity contribution in [2.24, 2.45) is 0 Å². The van der Waals surface area contributed by atoms with Crippen molar-refractivity contribution < 1.29 is 24.2 Å². The van der Waals surface area contributed by atoms with E-state index in [0.717, 1.165) is 11.1 Å². The molecule has 2 fully saturated rings. The summed E-state index contributed by atoms with van der Waals surface area (Å²) in [6.07, 6.45) is 1.07. The van der Waals surface area contributed by atoms with Gasteiger partial charge in [0.25, 0.3) is 0 Å². The van der Waals surface area contributed by atoms with E-state index in [4.69, 9.17) is 9.47 Å². The fourth-order valence-electron chi connectivity index (χ4n) is 5.85. The summed E-state index contributed by atoms with van der Waals surface area (Å²) < 4.78 is 11.6. The zero-order valence-electron chi connectivity index (χ0n) is 14.4. The van der Waals surface area contributed by atoms with Crippen molar-refractivity contribution in [1.82, 2.24) is 4.90 Å². The molecule has 0 aromatic heterocycles. The van der Waals surface area contributed by atoms with Gasteiger partial charge in [0, 0.05) is 25.5 Å². The monoisotopic (exact) mass is 343 g/mol. The number of carbonyl (C=O) groups excluding carboxylic acids is 2. The van der Waals surface area contributed by atoms with E-state index in [0.29, 0.717) is 37.3 Å². The molecule has 2 bridgehead atoms. The molecule has 1 saturated heterocycles. The molecule has 1 aromatic rings. The van der Waals surface area contributed by atoms with Crippen LogP contribution < -0.4 is 9.47 Å². The molecule has 2 aliphatic carbocycles. The Labute approximate surface area is 145 Å². The van der Waals surface area contributed by atoms with Gasteiger partial charge in [-0.3, -0.25) is 9.59 Å². The maximum absolute atomic E-state index is 12.7. The molecular weight excluding hydrogens is 322 g/mol. The summed E-state index contributed by atoms with van der Waals surface area (Å²) in [5.74, 6) is 1.21. The number of piperidine rings is 1. The summed E-state index contributed by atoms with van der Waals surface area (Å²) in [6.45, 7) is 2.08. The molecule has 132 valence electrons. The molecule has 1 unspecified atom stereocenters. The highest BCUT2D eigenvalue weighted by atomic mass is 16.5. The van der Waals surface area contributed by atoms with Gasteiger partial charge in [-0.25, -0.2) is 0 Å². The number of likely N-dealkylation sites (tertiary alicyclic amines) is 1. The van der Waals surface area contributed by atoms with Crippen LogP contribution in [0.2, 0.25) is 0 Å². The van der Waals surface area contributed by atoms with Gasteiger partial charge in [-0.2, -0.15) is 0 Å². The standard InChI is InChI=1S/C19H21NO5/c1-10(21)20-8-7-18-15-11-3-4-13(24-2)16(15)25-17(18)12(22)5-6-19(18,23)14(20)9-11/h3-4,14,17,23H,5-9H2,1-2H3/t14-,17?,18+,19-/m0/s1. The fourth-order valence-corrected chi connectivity index (χ4v) is 5.85. The predicted molar refractivity (Wildman–Crippen MR) is 87.8 cm³/mol. The molecule has 0 radical (unpaired) electrons. The van der Waals surface area contributed by atoms with Gasteiger partial charge in [-0.05, 0) is 30.9 Å². The van der Waals surface area contributed by atoms with Crippen LogP contribution in [0.15, 0.2) is 12.1 Å². The molecule has 6 nitrogen and oxygen atoms in total. The minimum Gasteiger partial charge on any atom is -0.493 e. The molecule has 4 atom stereocenters. The summed E-state index contributed by atoms with van der Waals surface area (Å²) in [4.78, 5) is 26.7. The third kappa shape index (κ3) is 1.51. The summed E-state index contributed by atoms with van der Waals surface area (Å²) in [7, 11) is 1.58. The van der Waals surface area contributed by atoms with Crippen LogP contribution in [-0.2, 0) is 21.4 Å². The number of ketones is 1. The van der Waals surface area contributed by atoms with Gasteiger partial charge < -0.3 is 19.5 Å².